The maximum atomic E-state index is 12.0. The average Bonchev–Trinajstić information content (AvgIpc) is 2.43. The summed E-state index contributed by atoms with van der Waals surface area (Å²) in [6.45, 7) is 7.15. The molecule has 106 valence electrons. The van der Waals surface area contributed by atoms with Gasteiger partial charge in [0.1, 0.15) is 0 Å². The second kappa shape index (κ2) is 7.95. The fraction of sp³-hybridized carbons (Fsp3) is 0.562. The Kier molecular flexibility index (Phi) is 6.57. The van der Waals surface area contributed by atoms with Gasteiger partial charge < -0.3 is 10.4 Å². The molecule has 0 bridgehead atoms. The fourth-order valence-electron chi connectivity index (χ4n) is 1.99. The Hall–Kier alpha value is -1.35. The van der Waals surface area contributed by atoms with E-state index in [0.29, 0.717) is 23.9 Å². The van der Waals surface area contributed by atoms with E-state index in [4.69, 9.17) is 5.11 Å². The summed E-state index contributed by atoms with van der Waals surface area (Å²) >= 11 is 0. The van der Waals surface area contributed by atoms with E-state index in [2.05, 4.69) is 26.1 Å². The third-order valence-electron chi connectivity index (χ3n) is 3.51. The van der Waals surface area contributed by atoms with Crippen LogP contribution in [0.3, 0.4) is 0 Å². The smallest absolute Gasteiger partial charge is 0.251 e. The summed E-state index contributed by atoms with van der Waals surface area (Å²) in [4.78, 5) is 12.0. The van der Waals surface area contributed by atoms with Gasteiger partial charge >= 0.3 is 0 Å². The first kappa shape index (κ1) is 15.7. The predicted octanol–water partition coefficient (Wildman–Crippen LogP) is 2.95. The number of aliphatic hydroxyl groups is 1. The molecule has 1 aromatic rings. The van der Waals surface area contributed by atoms with Gasteiger partial charge in [-0.3, -0.25) is 4.79 Å². The normalized spacial score (nSPS) is 12.5. The van der Waals surface area contributed by atoms with Crippen LogP contribution in [0.15, 0.2) is 24.3 Å². The molecule has 0 heterocycles. The summed E-state index contributed by atoms with van der Waals surface area (Å²) in [6, 6.07) is 7.75. The zero-order valence-electron chi connectivity index (χ0n) is 12.1. The highest BCUT2D eigenvalue weighted by Crippen LogP contribution is 2.14. The molecule has 1 aromatic carbocycles. The molecule has 19 heavy (non-hydrogen) atoms. The minimum Gasteiger partial charge on any atom is -0.396 e. The second-order valence-electron chi connectivity index (χ2n) is 5.27. The number of benzene rings is 1. The van der Waals surface area contributed by atoms with Crippen molar-refractivity contribution in [3.05, 3.63) is 35.4 Å². The van der Waals surface area contributed by atoms with E-state index in [-0.39, 0.29) is 12.5 Å². The van der Waals surface area contributed by atoms with Crippen LogP contribution in [0.1, 0.15) is 55.5 Å². The molecule has 0 spiro atoms. The van der Waals surface area contributed by atoms with Crippen LogP contribution in [0, 0.1) is 5.92 Å². The van der Waals surface area contributed by atoms with Gasteiger partial charge in [0, 0.05) is 18.7 Å². The quantitative estimate of drug-likeness (QED) is 0.794. The molecule has 3 nitrogen and oxygen atoms in total. The van der Waals surface area contributed by atoms with E-state index in [9.17, 15) is 4.79 Å². The zero-order valence-corrected chi connectivity index (χ0v) is 12.1. The zero-order chi connectivity index (χ0) is 14.3. The van der Waals surface area contributed by atoms with Crippen molar-refractivity contribution in [2.75, 3.05) is 13.2 Å². The molecule has 1 amide bonds. The molecule has 1 rings (SSSR count). The summed E-state index contributed by atoms with van der Waals surface area (Å²) < 4.78 is 0. The SMILES string of the molecule is CCC(CCO)CNC(=O)c1ccc(C(C)C)cc1. The van der Waals surface area contributed by atoms with Gasteiger partial charge in [-0.1, -0.05) is 39.3 Å². The van der Waals surface area contributed by atoms with Crippen molar-refractivity contribution in [1.82, 2.24) is 5.32 Å². The van der Waals surface area contributed by atoms with Crippen LogP contribution in [0.25, 0.3) is 0 Å². The first-order valence-corrected chi connectivity index (χ1v) is 7.07. The first-order valence-electron chi connectivity index (χ1n) is 7.07. The number of hydrogen-bond donors (Lipinski definition) is 2. The highest BCUT2D eigenvalue weighted by atomic mass is 16.3. The van der Waals surface area contributed by atoms with E-state index < -0.39 is 0 Å². The Balaban J connectivity index is 2.53. The standard InChI is InChI=1S/C16H25NO2/c1-4-13(9-10-18)11-17-16(19)15-7-5-14(6-8-15)12(2)3/h5-8,12-13,18H,4,9-11H2,1-3H3,(H,17,19). The van der Waals surface area contributed by atoms with Crippen LogP contribution >= 0.6 is 0 Å². The topological polar surface area (TPSA) is 49.3 Å². The molecule has 1 atom stereocenters. The van der Waals surface area contributed by atoms with E-state index >= 15 is 0 Å². The molecule has 0 aliphatic rings. The van der Waals surface area contributed by atoms with Crippen LogP contribution in [0.2, 0.25) is 0 Å². The lowest BCUT2D eigenvalue weighted by atomic mass is 10.0. The van der Waals surface area contributed by atoms with Crippen molar-refractivity contribution in [3.63, 3.8) is 0 Å². The van der Waals surface area contributed by atoms with Crippen LogP contribution in [-0.2, 0) is 0 Å². The number of carbonyl (C=O) groups excluding carboxylic acids is 1. The number of rotatable bonds is 7. The Bertz CT molecular complexity index is 384. The van der Waals surface area contributed by atoms with Gasteiger partial charge in [0.15, 0.2) is 0 Å². The van der Waals surface area contributed by atoms with Crippen LogP contribution in [-0.4, -0.2) is 24.2 Å². The first-order chi connectivity index (χ1) is 9.08. The minimum absolute atomic E-state index is 0.0355. The molecular weight excluding hydrogens is 238 g/mol. The maximum absolute atomic E-state index is 12.0. The van der Waals surface area contributed by atoms with Crippen molar-refractivity contribution in [2.24, 2.45) is 5.92 Å². The van der Waals surface area contributed by atoms with Crippen LogP contribution in [0.4, 0.5) is 0 Å². The highest BCUT2D eigenvalue weighted by Gasteiger charge is 2.10. The minimum atomic E-state index is -0.0355. The van der Waals surface area contributed by atoms with Gasteiger partial charge in [-0.2, -0.15) is 0 Å². The number of carbonyl (C=O) groups is 1. The third kappa shape index (κ3) is 5.03. The summed E-state index contributed by atoms with van der Waals surface area (Å²) in [5.74, 6) is 0.793. The molecule has 0 aromatic heterocycles. The van der Waals surface area contributed by atoms with Gasteiger partial charge in [0.05, 0.1) is 0 Å². The lowest BCUT2D eigenvalue weighted by molar-refractivity contribution is 0.0943. The summed E-state index contributed by atoms with van der Waals surface area (Å²) in [7, 11) is 0. The van der Waals surface area contributed by atoms with Crippen LogP contribution in [0.5, 0.6) is 0 Å². The number of amides is 1. The Morgan fingerprint density at radius 1 is 1.26 bits per heavy atom. The van der Waals surface area contributed by atoms with Gasteiger partial charge in [0.2, 0.25) is 0 Å². The summed E-state index contributed by atoms with van der Waals surface area (Å²) in [6.07, 6.45) is 1.70. The molecule has 2 N–H and O–H groups in total. The third-order valence-corrected chi connectivity index (χ3v) is 3.51. The van der Waals surface area contributed by atoms with Crippen molar-refractivity contribution < 1.29 is 9.90 Å². The molecular formula is C16H25NO2. The Morgan fingerprint density at radius 3 is 2.37 bits per heavy atom. The van der Waals surface area contributed by atoms with Gasteiger partial charge in [-0.15, -0.1) is 0 Å². The molecule has 0 saturated carbocycles. The van der Waals surface area contributed by atoms with E-state index in [1.165, 1.54) is 5.56 Å². The van der Waals surface area contributed by atoms with Gasteiger partial charge in [-0.05, 0) is 36.0 Å². The average molecular weight is 263 g/mol. The lowest BCUT2D eigenvalue weighted by Crippen LogP contribution is -2.29. The second-order valence-corrected chi connectivity index (χ2v) is 5.27. The van der Waals surface area contributed by atoms with Crippen molar-refractivity contribution in [3.8, 4) is 0 Å². The van der Waals surface area contributed by atoms with E-state index in [1.807, 2.05) is 24.3 Å². The number of nitrogens with one attached hydrogen (secondary N) is 1. The molecule has 1 unspecified atom stereocenters. The van der Waals surface area contributed by atoms with Gasteiger partial charge in [0.25, 0.3) is 5.91 Å². The Morgan fingerprint density at radius 2 is 1.89 bits per heavy atom. The molecule has 0 aliphatic heterocycles. The number of aliphatic hydroxyl groups excluding tert-OH is 1. The van der Waals surface area contributed by atoms with E-state index in [1.54, 1.807) is 0 Å². The lowest BCUT2D eigenvalue weighted by Gasteiger charge is -2.14. The van der Waals surface area contributed by atoms with Crippen molar-refractivity contribution in [1.29, 1.82) is 0 Å². The molecule has 0 aliphatic carbocycles. The predicted molar refractivity (Wildman–Crippen MR) is 78.3 cm³/mol. The molecule has 3 heteroatoms. The molecule has 0 fully saturated rings. The molecule has 0 saturated heterocycles. The molecule has 0 radical (unpaired) electrons. The maximum Gasteiger partial charge on any atom is 0.251 e. The van der Waals surface area contributed by atoms with Crippen molar-refractivity contribution >= 4 is 5.91 Å². The van der Waals surface area contributed by atoms with Crippen molar-refractivity contribution in [2.45, 2.75) is 39.5 Å². The summed E-state index contributed by atoms with van der Waals surface area (Å²) in [5, 5.41) is 11.9. The summed E-state index contributed by atoms with van der Waals surface area (Å²) in [5.41, 5.74) is 1.94. The highest BCUT2D eigenvalue weighted by molar-refractivity contribution is 5.94. The number of hydrogen-bond acceptors (Lipinski definition) is 2. The van der Waals surface area contributed by atoms with Gasteiger partial charge in [-0.25, -0.2) is 0 Å². The fourth-order valence-corrected chi connectivity index (χ4v) is 1.99. The largest absolute Gasteiger partial charge is 0.396 e. The van der Waals surface area contributed by atoms with Crippen LogP contribution < -0.4 is 5.32 Å². The van der Waals surface area contributed by atoms with E-state index in [0.717, 1.165) is 12.8 Å². The Labute approximate surface area is 116 Å². The monoisotopic (exact) mass is 263 g/mol.